The number of nitrogens with zero attached hydrogens (tertiary/aromatic N) is 2. The minimum absolute atomic E-state index is 0.117. The van der Waals surface area contributed by atoms with Gasteiger partial charge < -0.3 is 5.11 Å². The summed E-state index contributed by atoms with van der Waals surface area (Å²) in [6, 6.07) is 9.44. The highest BCUT2D eigenvalue weighted by atomic mass is 32.1. The van der Waals surface area contributed by atoms with E-state index in [9.17, 15) is 14.0 Å². The molecule has 0 fully saturated rings. The summed E-state index contributed by atoms with van der Waals surface area (Å²) >= 11 is 1.53. The number of amides is 1. The number of thiophene rings is 1. The van der Waals surface area contributed by atoms with Crippen LogP contribution in [0.5, 0.6) is 0 Å². The number of hydrogen-bond donors (Lipinski definition) is 1. The van der Waals surface area contributed by atoms with Crippen LogP contribution in [0.3, 0.4) is 0 Å². The average Bonchev–Trinajstić information content (AvgIpc) is 3.22. The lowest BCUT2D eigenvalue weighted by Crippen LogP contribution is -2.27. The van der Waals surface area contributed by atoms with Crippen molar-refractivity contribution in [3.05, 3.63) is 58.0 Å². The van der Waals surface area contributed by atoms with Crippen LogP contribution in [-0.2, 0) is 9.59 Å². The molecular weight excluding hydrogens is 331 g/mol. The zero-order valence-corrected chi connectivity index (χ0v) is 13.5. The Bertz CT molecular complexity index is 772. The van der Waals surface area contributed by atoms with Crippen LogP contribution < -0.4 is 0 Å². The molecule has 1 aromatic heterocycles. The predicted octanol–water partition coefficient (Wildman–Crippen LogP) is 3.43. The van der Waals surface area contributed by atoms with Crippen molar-refractivity contribution in [3.63, 3.8) is 0 Å². The maximum atomic E-state index is 13.2. The number of carbonyl (C=O) groups excluding carboxylic acids is 1. The highest BCUT2D eigenvalue weighted by Gasteiger charge is 2.33. The molecule has 1 atom stereocenters. The number of carboxylic acids is 1. The summed E-state index contributed by atoms with van der Waals surface area (Å²) in [5.41, 5.74) is 1.55. The second-order valence-corrected chi connectivity index (χ2v) is 6.38. The van der Waals surface area contributed by atoms with Crippen molar-refractivity contribution in [1.82, 2.24) is 5.01 Å². The smallest absolute Gasteiger partial charge is 0.303 e. The highest BCUT2D eigenvalue weighted by Crippen LogP contribution is 2.34. The Kier molecular flexibility index (Phi) is 4.71. The van der Waals surface area contributed by atoms with Gasteiger partial charge in [-0.05, 0) is 29.1 Å². The van der Waals surface area contributed by atoms with Crippen LogP contribution in [0.15, 0.2) is 46.9 Å². The van der Waals surface area contributed by atoms with Gasteiger partial charge >= 0.3 is 5.97 Å². The first-order valence-corrected chi connectivity index (χ1v) is 8.33. The summed E-state index contributed by atoms with van der Waals surface area (Å²) in [6.45, 7) is 0. The van der Waals surface area contributed by atoms with E-state index in [1.807, 2.05) is 17.5 Å². The molecule has 2 aromatic rings. The Morgan fingerprint density at radius 2 is 2.00 bits per heavy atom. The zero-order valence-electron chi connectivity index (χ0n) is 12.7. The summed E-state index contributed by atoms with van der Waals surface area (Å²) in [4.78, 5) is 24.1. The molecule has 3 rings (SSSR count). The Morgan fingerprint density at radius 1 is 1.25 bits per heavy atom. The van der Waals surface area contributed by atoms with Gasteiger partial charge in [0.2, 0.25) is 5.91 Å². The van der Waals surface area contributed by atoms with Gasteiger partial charge in [-0.15, -0.1) is 11.3 Å². The van der Waals surface area contributed by atoms with Gasteiger partial charge in [0.1, 0.15) is 5.82 Å². The van der Waals surface area contributed by atoms with Crippen LogP contribution in [0.25, 0.3) is 0 Å². The molecule has 0 saturated heterocycles. The van der Waals surface area contributed by atoms with Crippen LogP contribution in [0.1, 0.15) is 35.7 Å². The number of carboxylic acid groups (broad SMARTS) is 1. The Labute approximate surface area is 142 Å². The minimum atomic E-state index is -1.02. The van der Waals surface area contributed by atoms with E-state index in [4.69, 9.17) is 5.11 Å². The maximum Gasteiger partial charge on any atom is 0.303 e. The standard InChI is InChI=1S/C17H15FN2O3S/c18-12-5-3-11(4-6-12)14-10-13(15-2-1-9-24-15)19-20(14)16(21)7-8-17(22)23/h1-6,9,14H,7-8,10H2,(H,22,23)/t14-/m0/s1. The molecular formula is C17H15FN2O3S. The van der Waals surface area contributed by atoms with Gasteiger partial charge in [0, 0.05) is 12.8 Å². The molecule has 1 N–H and O–H groups in total. The molecule has 0 bridgehead atoms. The second-order valence-electron chi connectivity index (χ2n) is 5.43. The van der Waals surface area contributed by atoms with Crippen molar-refractivity contribution in [1.29, 1.82) is 0 Å². The summed E-state index contributed by atoms with van der Waals surface area (Å²) in [5, 5.41) is 16.5. The van der Waals surface area contributed by atoms with Gasteiger partial charge in [-0.2, -0.15) is 5.10 Å². The number of hydrogen-bond acceptors (Lipinski definition) is 4. The summed E-state index contributed by atoms with van der Waals surface area (Å²) in [5.74, 6) is -1.72. The van der Waals surface area contributed by atoms with Gasteiger partial charge in [0.25, 0.3) is 0 Å². The molecule has 24 heavy (non-hydrogen) atoms. The molecule has 0 spiro atoms. The van der Waals surface area contributed by atoms with E-state index < -0.39 is 5.97 Å². The van der Waals surface area contributed by atoms with E-state index in [1.54, 1.807) is 12.1 Å². The van der Waals surface area contributed by atoms with Crippen LogP contribution >= 0.6 is 11.3 Å². The van der Waals surface area contributed by atoms with Crippen molar-refractivity contribution >= 4 is 28.9 Å². The fourth-order valence-electron chi connectivity index (χ4n) is 2.60. The van der Waals surface area contributed by atoms with Crippen molar-refractivity contribution in [2.75, 3.05) is 0 Å². The van der Waals surface area contributed by atoms with E-state index in [0.29, 0.717) is 6.42 Å². The largest absolute Gasteiger partial charge is 0.481 e. The van der Waals surface area contributed by atoms with Crippen molar-refractivity contribution < 1.29 is 19.1 Å². The van der Waals surface area contributed by atoms with E-state index in [2.05, 4.69) is 5.10 Å². The molecule has 0 aliphatic carbocycles. The highest BCUT2D eigenvalue weighted by molar-refractivity contribution is 7.12. The Hall–Kier alpha value is -2.54. The molecule has 1 aromatic carbocycles. The predicted molar refractivity (Wildman–Crippen MR) is 88.3 cm³/mol. The molecule has 0 unspecified atom stereocenters. The van der Waals surface area contributed by atoms with Gasteiger partial charge in [-0.1, -0.05) is 18.2 Å². The molecule has 0 radical (unpaired) electrons. The van der Waals surface area contributed by atoms with Gasteiger partial charge in [0.15, 0.2) is 0 Å². The fraction of sp³-hybridized carbons (Fsp3) is 0.235. The Morgan fingerprint density at radius 3 is 2.62 bits per heavy atom. The zero-order chi connectivity index (χ0) is 17.1. The third-order valence-electron chi connectivity index (χ3n) is 3.78. The lowest BCUT2D eigenvalue weighted by Gasteiger charge is -2.21. The topological polar surface area (TPSA) is 70.0 Å². The number of carbonyl (C=O) groups is 2. The number of aliphatic carboxylic acids is 1. The van der Waals surface area contributed by atoms with Crippen LogP contribution in [0.2, 0.25) is 0 Å². The third kappa shape index (κ3) is 3.51. The SMILES string of the molecule is O=C(O)CCC(=O)N1N=C(c2cccs2)C[C@H]1c1ccc(F)cc1. The molecule has 5 nitrogen and oxygen atoms in total. The van der Waals surface area contributed by atoms with Crippen LogP contribution in [0, 0.1) is 5.82 Å². The van der Waals surface area contributed by atoms with E-state index in [-0.39, 0.29) is 30.6 Å². The first kappa shape index (κ1) is 16.3. The van der Waals surface area contributed by atoms with Crippen LogP contribution in [-0.4, -0.2) is 27.7 Å². The number of hydrazone groups is 1. The molecule has 124 valence electrons. The molecule has 2 heterocycles. The van der Waals surface area contributed by atoms with E-state index in [0.717, 1.165) is 16.2 Å². The number of halogens is 1. The fourth-order valence-corrected chi connectivity index (χ4v) is 3.33. The minimum Gasteiger partial charge on any atom is -0.481 e. The van der Waals surface area contributed by atoms with Crippen molar-refractivity contribution in [2.45, 2.75) is 25.3 Å². The normalized spacial score (nSPS) is 17.0. The quantitative estimate of drug-likeness (QED) is 0.902. The van der Waals surface area contributed by atoms with Gasteiger partial charge in [-0.25, -0.2) is 9.40 Å². The maximum absolute atomic E-state index is 13.2. The molecule has 1 aliphatic heterocycles. The lowest BCUT2D eigenvalue weighted by molar-refractivity contribution is -0.141. The first-order chi connectivity index (χ1) is 11.5. The lowest BCUT2D eigenvalue weighted by atomic mass is 10.0. The van der Waals surface area contributed by atoms with E-state index >= 15 is 0 Å². The van der Waals surface area contributed by atoms with Gasteiger partial charge in [-0.3, -0.25) is 9.59 Å². The average molecular weight is 346 g/mol. The monoisotopic (exact) mass is 346 g/mol. The number of benzene rings is 1. The van der Waals surface area contributed by atoms with E-state index in [1.165, 1.54) is 28.5 Å². The molecule has 7 heteroatoms. The van der Waals surface area contributed by atoms with Crippen molar-refractivity contribution in [2.24, 2.45) is 5.10 Å². The summed E-state index contributed by atoms with van der Waals surface area (Å²) < 4.78 is 13.2. The van der Waals surface area contributed by atoms with Crippen molar-refractivity contribution in [3.8, 4) is 0 Å². The molecule has 1 amide bonds. The van der Waals surface area contributed by atoms with Crippen LogP contribution in [0.4, 0.5) is 4.39 Å². The molecule has 0 saturated carbocycles. The molecule has 1 aliphatic rings. The van der Waals surface area contributed by atoms with Gasteiger partial charge in [0.05, 0.1) is 23.1 Å². The summed E-state index contributed by atoms with van der Waals surface area (Å²) in [7, 11) is 0. The summed E-state index contributed by atoms with van der Waals surface area (Å²) in [6.07, 6.45) is 0.161. The third-order valence-corrected chi connectivity index (χ3v) is 4.70. The Balaban J connectivity index is 1.87. The first-order valence-electron chi connectivity index (χ1n) is 7.45. The number of rotatable bonds is 5. The second kappa shape index (κ2) is 6.92.